The summed E-state index contributed by atoms with van der Waals surface area (Å²) in [6.45, 7) is 11.4. The van der Waals surface area contributed by atoms with Crippen LogP contribution in [-0.4, -0.2) is 46.3 Å². The highest BCUT2D eigenvalue weighted by Gasteiger charge is 2.22. The van der Waals surface area contributed by atoms with Gasteiger partial charge in [0.05, 0.1) is 11.4 Å². The third kappa shape index (κ3) is 6.12. The van der Waals surface area contributed by atoms with Gasteiger partial charge in [0.2, 0.25) is 0 Å². The first-order valence-electron chi connectivity index (χ1n) is 12.2. The maximum absolute atomic E-state index is 12.8. The van der Waals surface area contributed by atoms with E-state index in [9.17, 15) is 4.79 Å². The monoisotopic (exact) mass is 461 g/mol. The van der Waals surface area contributed by atoms with E-state index in [1.165, 1.54) is 12.8 Å². The van der Waals surface area contributed by atoms with Crippen molar-refractivity contribution in [2.75, 3.05) is 29.9 Å². The van der Waals surface area contributed by atoms with Crippen molar-refractivity contribution in [2.24, 2.45) is 17.8 Å². The third-order valence-corrected chi connectivity index (χ3v) is 5.84. The molecular weight excluding hydrogens is 426 g/mol. The van der Waals surface area contributed by atoms with Gasteiger partial charge in [-0.25, -0.2) is 9.89 Å². The number of carbonyl (C=O) groups is 1. The third-order valence-electron chi connectivity index (χ3n) is 5.84. The lowest BCUT2D eigenvalue weighted by Crippen LogP contribution is -2.34. The Morgan fingerprint density at radius 1 is 1.06 bits per heavy atom. The van der Waals surface area contributed by atoms with Gasteiger partial charge >= 0.3 is 6.03 Å². The molecule has 1 aliphatic rings. The number of hydrogen-bond acceptors (Lipinski definition) is 5. The summed E-state index contributed by atoms with van der Waals surface area (Å²) in [4.78, 5) is 15.2. The van der Waals surface area contributed by atoms with Crippen molar-refractivity contribution >= 4 is 17.4 Å². The van der Waals surface area contributed by atoms with Crippen LogP contribution in [0.2, 0.25) is 0 Å². The first-order valence-corrected chi connectivity index (χ1v) is 12.2. The second-order valence-corrected chi connectivity index (χ2v) is 10.00. The summed E-state index contributed by atoms with van der Waals surface area (Å²) in [5.74, 6) is 2.22. The quantitative estimate of drug-likeness (QED) is 0.386. The summed E-state index contributed by atoms with van der Waals surface area (Å²) in [5.41, 5.74) is 4.73. The highest BCUT2D eigenvalue weighted by atomic mass is 16.2. The van der Waals surface area contributed by atoms with E-state index >= 15 is 0 Å². The largest absolute Gasteiger partial charge is 0.369 e. The molecule has 3 aromatic rings. The first-order chi connectivity index (χ1) is 16.4. The number of H-pyrrole nitrogens is 1. The van der Waals surface area contributed by atoms with Crippen LogP contribution < -0.4 is 15.5 Å². The zero-order valence-corrected chi connectivity index (χ0v) is 20.5. The van der Waals surface area contributed by atoms with Crippen molar-refractivity contribution in [3.63, 3.8) is 0 Å². The Kier molecular flexibility index (Phi) is 7.45. The van der Waals surface area contributed by atoms with E-state index < -0.39 is 0 Å². The molecule has 1 saturated carbocycles. The predicted molar refractivity (Wildman–Crippen MR) is 137 cm³/mol. The van der Waals surface area contributed by atoms with Gasteiger partial charge in [0.15, 0.2) is 5.82 Å². The molecule has 1 heterocycles. The van der Waals surface area contributed by atoms with Gasteiger partial charge in [-0.05, 0) is 64.3 Å². The van der Waals surface area contributed by atoms with E-state index in [1.807, 2.05) is 24.3 Å². The maximum Gasteiger partial charge on any atom is 0.319 e. The summed E-state index contributed by atoms with van der Waals surface area (Å²) in [6.07, 6.45) is 2.40. The molecule has 4 rings (SSSR count). The van der Waals surface area contributed by atoms with Crippen LogP contribution in [0.1, 0.15) is 40.5 Å². The van der Waals surface area contributed by atoms with E-state index in [0.717, 1.165) is 47.7 Å². The summed E-state index contributed by atoms with van der Waals surface area (Å²) in [5, 5.41) is 20.6. The minimum Gasteiger partial charge on any atom is -0.369 e. The molecule has 3 N–H and O–H groups in total. The number of benzene rings is 2. The van der Waals surface area contributed by atoms with Crippen molar-refractivity contribution in [3.8, 4) is 22.5 Å². The van der Waals surface area contributed by atoms with Crippen molar-refractivity contribution in [3.05, 3.63) is 42.5 Å². The number of anilines is 2. The van der Waals surface area contributed by atoms with Crippen molar-refractivity contribution < 1.29 is 4.79 Å². The molecule has 2 amide bonds. The summed E-state index contributed by atoms with van der Waals surface area (Å²) in [6, 6.07) is 14.1. The van der Waals surface area contributed by atoms with Gasteiger partial charge in [0.25, 0.3) is 0 Å². The lowest BCUT2D eigenvalue weighted by atomic mass is 9.97. The second-order valence-electron chi connectivity index (χ2n) is 10.00. The van der Waals surface area contributed by atoms with E-state index in [-0.39, 0.29) is 6.03 Å². The van der Waals surface area contributed by atoms with Gasteiger partial charge in [0, 0.05) is 25.2 Å². The number of aromatic amines is 1. The molecule has 0 bridgehead atoms. The Bertz CT molecular complexity index is 1080. The van der Waals surface area contributed by atoms with Crippen LogP contribution in [0.25, 0.3) is 22.5 Å². The van der Waals surface area contributed by atoms with E-state index in [4.69, 9.17) is 0 Å². The van der Waals surface area contributed by atoms with Crippen LogP contribution in [0.5, 0.6) is 0 Å². The first kappa shape index (κ1) is 23.7. The zero-order valence-electron chi connectivity index (χ0n) is 20.5. The molecular formula is C26H35N7O. The predicted octanol–water partition coefficient (Wildman–Crippen LogP) is 5.18. The average molecular weight is 462 g/mol. The van der Waals surface area contributed by atoms with Crippen LogP contribution in [0.15, 0.2) is 42.5 Å². The Labute approximate surface area is 201 Å². The summed E-state index contributed by atoms with van der Waals surface area (Å²) >= 11 is 0. The van der Waals surface area contributed by atoms with Gasteiger partial charge in [-0.15, -0.1) is 5.10 Å². The van der Waals surface area contributed by atoms with Crippen LogP contribution in [0.4, 0.5) is 16.2 Å². The van der Waals surface area contributed by atoms with Gasteiger partial charge in [0.1, 0.15) is 0 Å². The molecule has 2 aromatic carbocycles. The normalized spacial score (nSPS) is 13.4. The summed E-state index contributed by atoms with van der Waals surface area (Å²) < 4.78 is 0. The minimum atomic E-state index is -0.160. The fourth-order valence-corrected chi connectivity index (χ4v) is 4.17. The summed E-state index contributed by atoms with van der Waals surface area (Å²) in [7, 11) is 0. The highest BCUT2D eigenvalue weighted by Crippen LogP contribution is 2.36. The molecule has 0 saturated heterocycles. The van der Waals surface area contributed by atoms with E-state index in [1.54, 1.807) is 0 Å². The van der Waals surface area contributed by atoms with Crippen LogP contribution >= 0.6 is 0 Å². The van der Waals surface area contributed by atoms with E-state index in [2.05, 4.69) is 82.1 Å². The second kappa shape index (κ2) is 10.7. The van der Waals surface area contributed by atoms with Crippen molar-refractivity contribution in [2.45, 2.75) is 40.5 Å². The average Bonchev–Trinajstić information content (AvgIpc) is 3.47. The smallest absolute Gasteiger partial charge is 0.319 e. The maximum atomic E-state index is 12.8. The fourth-order valence-electron chi connectivity index (χ4n) is 4.17. The van der Waals surface area contributed by atoms with Crippen molar-refractivity contribution in [1.82, 2.24) is 25.9 Å². The SMILES string of the molecule is CC(C)CN(CC(C)C)c1ccc(-c2ccccc2-c2nnn[nH]2)cc1NC(=O)NCC1CC1. The molecule has 0 aliphatic heterocycles. The van der Waals surface area contributed by atoms with Crippen LogP contribution in [0, 0.1) is 17.8 Å². The van der Waals surface area contributed by atoms with Crippen LogP contribution in [0.3, 0.4) is 0 Å². The Morgan fingerprint density at radius 2 is 1.76 bits per heavy atom. The lowest BCUT2D eigenvalue weighted by molar-refractivity contribution is 0.251. The Hall–Kier alpha value is -3.42. The highest BCUT2D eigenvalue weighted by molar-refractivity contribution is 5.95. The van der Waals surface area contributed by atoms with Gasteiger partial charge in [-0.3, -0.25) is 0 Å². The number of aromatic nitrogens is 4. The number of hydrogen-bond donors (Lipinski definition) is 3. The lowest BCUT2D eigenvalue weighted by Gasteiger charge is -2.31. The van der Waals surface area contributed by atoms with Gasteiger partial charge < -0.3 is 15.5 Å². The molecule has 0 radical (unpaired) electrons. The number of tetrazole rings is 1. The van der Waals surface area contributed by atoms with Gasteiger partial charge in [-0.2, -0.15) is 0 Å². The topological polar surface area (TPSA) is 98.8 Å². The molecule has 1 aromatic heterocycles. The number of amides is 2. The number of rotatable bonds is 10. The molecule has 8 heteroatoms. The Morgan fingerprint density at radius 3 is 2.38 bits per heavy atom. The number of carbonyl (C=O) groups excluding carboxylic acids is 1. The number of nitrogens with zero attached hydrogens (tertiary/aromatic N) is 4. The number of urea groups is 1. The molecule has 0 spiro atoms. The van der Waals surface area contributed by atoms with E-state index in [0.29, 0.717) is 23.6 Å². The molecule has 0 unspecified atom stereocenters. The van der Waals surface area contributed by atoms with Crippen molar-refractivity contribution in [1.29, 1.82) is 0 Å². The minimum absolute atomic E-state index is 0.160. The fraction of sp³-hybridized carbons (Fsp3) is 0.462. The van der Waals surface area contributed by atoms with Gasteiger partial charge in [-0.1, -0.05) is 58.0 Å². The molecule has 1 aliphatic carbocycles. The van der Waals surface area contributed by atoms with Crippen LogP contribution in [-0.2, 0) is 0 Å². The molecule has 0 atom stereocenters. The zero-order chi connectivity index (χ0) is 24.1. The molecule has 8 nitrogen and oxygen atoms in total. The molecule has 180 valence electrons. The Balaban J connectivity index is 1.71. The standard InChI is InChI=1S/C26H35N7O/c1-17(2)15-33(16-18(3)4)24-12-11-20(13-23(24)28-26(34)27-14-19-9-10-19)21-7-5-6-8-22(21)25-29-31-32-30-25/h5-8,11-13,17-19H,9-10,14-16H2,1-4H3,(H2,27,28,34)(H,29,30,31,32). The molecule has 34 heavy (non-hydrogen) atoms. The number of nitrogens with one attached hydrogen (secondary N) is 3. The molecule has 1 fully saturated rings.